The molecule has 0 saturated carbocycles. The quantitative estimate of drug-likeness (QED) is 0.856. The Labute approximate surface area is 132 Å². The first-order chi connectivity index (χ1) is 10.6. The van der Waals surface area contributed by atoms with Gasteiger partial charge in [0.1, 0.15) is 17.9 Å². The minimum Gasteiger partial charge on any atom is -0.468 e. The van der Waals surface area contributed by atoms with E-state index in [-0.39, 0.29) is 18.0 Å². The van der Waals surface area contributed by atoms with Gasteiger partial charge < -0.3 is 14.8 Å². The highest BCUT2D eigenvalue weighted by Gasteiger charge is 2.15. The lowest BCUT2D eigenvalue weighted by molar-refractivity contribution is -0.139. The van der Waals surface area contributed by atoms with Crippen molar-refractivity contribution in [2.24, 2.45) is 0 Å². The van der Waals surface area contributed by atoms with Gasteiger partial charge in [0.05, 0.1) is 7.11 Å². The lowest BCUT2D eigenvalue weighted by atomic mass is 10.2. The predicted molar refractivity (Wildman–Crippen MR) is 80.1 cm³/mol. The van der Waals surface area contributed by atoms with Crippen molar-refractivity contribution in [1.82, 2.24) is 10.3 Å². The first-order valence-corrected chi connectivity index (χ1v) is 6.71. The molecule has 7 heteroatoms. The minimum atomic E-state index is -0.544. The summed E-state index contributed by atoms with van der Waals surface area (Å²) in [6, 6.07) is 9.79. The number of amides is 1. The van der Waals surface area contributed by atoms with Crippen LogP contribution in [0.3, 0.4) is 0 Å². The Kier molecular flexibility index (Phi) is 5.32. The maximum Gasteiger partial charge on any atom is 0.325 e. The fraction of sp³-hybridized carbons (Fsp3) is 0.133. The molecule has 22 heavy (non-hydrogen) atoms. The number of nitrogens with zero attached hydrogens (tertiary/aromatic N) is 1. The van der Waals surface area contributed by atoms with Gasteiger partial charge in [-0.3, -0.25) is 9.59 Å². The zero-order chi connectivity index (χ0) is 15.9. The molecule has 2 rings (SSSR count). The largest absolute Gasteiger partial charge is 0.468 e. The summed E-state index contributed by atoms with van der Waals surface area (Å²) in [5.41, 5.74) is 0.210. The summed E-state index contributed by atoms with van der Waals surface area (Å²) in [6.45, 7) is -0.232. The molecule has 0 saturated heterocycles. The smallest absolute Gasteiger partial charge is 0.325 e. The molecule has 6 nitrogen and oxygen atoms in total. The first kappa shape index (κ1) is 15.8. The van der Waals surface area contributed by atoms with Crippen LogP contribution in [0.4, 0.5) is 0 Å². The van der Waals surface area contributed by atoms with Crippen LogP contribution >= 0.6 is 11.6 Å². The second-order valence-electron chi connectivity index (χ2n) is 4.17. The molecule has 0 aliphatic heterocycles. The van der Waals surface area contributed by atoms with E-state index in [1.807, 2.05) is 0 Å². The van der Waals surface area contributed by atoms with Crippen LogP contribution in [0.1, 0.15) is 10.4 Å². The van der Waals surface area contributed by atoms with Crippen molar-refractivity contribution in [3.8, 4) is 11.6 Å². The van der Waals surface area contributed by atoms with Crippen LogP contribution in [0.2, 0.25) is 5.02 Å². The molecule has 0 spiro atoms. The highest BCUT2D eigenvalue weighted by Crippen LogP contribution is 2.24. The third kappa shape index (κ3) is 4.20. The van der Waals surface area contributed by atoms with Gasteiger partial charge in [0.25, 0.3) is 5.91 Å². The number of halogens is 1. The van der Waals surface area contributed by atoms with Crippen molar-refractivity contribution in [3.63, 3.8) is 0 Å². The van der Waals surface area contributed by atoms with E-state index in [1.54, 1.807) is 36.4 Å². The summed E-state index contributed by atoms with van der Waals surface area (Å²) >= 11 is 5.80. The van der Waals surface area contributed by atoms with Gasteiger partial charge in [-0.15, -0.1) is 0 Å². The monoisotopic (exact) mass is 320 g/mol. The van der Waals surface area contributed by atoms with E-state index in [4.69, 9.17) is 16.3 Å². The molecule has 0 atom stereocenters. The average molecular weight is 321 g/mol. The summed E-state index contributed by atoms with van der Waals surface area (Å²) in [5, 5.41) is 3.00. The normalized spacial score (nSPS) is 9.91. The lowest BCUT2D eigenvalue weighted by Crippen LogP contribution is -2.30. The molecule has 0 fully saturated rings. The first-order valence-electron chi connectivity index (χ1n) is 6.33. The Bertz CT molecular complexity index is 673. The van der Waals surface area contributed by atoms with Gasteiger partial charge in [-0.05, 0) is 36.4 Å². The zero-order valence-corrected chi connectivity index (χ0v) is 12.5. The van der Waals surface area contributed by atoms with E-state index in [0.717, 1.165) is 0 Å². The molecule has 1 heterocycles. The van der Waals surface area contributed by atoms with Crippen molar-refractivity contribution in [2.45, 2.75) is 0 Å². The Hall–Kier alpha value is -2.60. The van der Waals surface area contributed by atoms with Crippen molar-refractivity contribution in [3.05, 3.63) is 53.2 Å². The molecular formula is C15H13ClN2O4. The van der Waals surface area contributed by atoms with E-state index < -0.39 is 11.9 Å². The number of hydrogen-bond acceptors (Lipinski definition) is 5. The number of carbonyl (C=O) groups is 2. The molecule has 2 aromatic rings. The molecule has 1 amide bonds. The molecular weight excluding hydrogens is 308 g/mol. The minimum absolute atomic E-state index is 0.132. The zero-order valence-electron chi connectivity index (χ0n) is 11.7. The van der Waals surface area contributed by atoms with E-state index >= 15 is 0 Å². The summed E-state index contributed by atoms with van der Waals surface area (Å²) < 4.78 is 10.0. The van der Waals surface area contributed by atoms with Crippen LogP contribution in [0.5, 0.6) is 11.6 Å². The molecule has 0 unspecified atom stereocenters. The summed E-state index contributed by atoms with van der Waals surface area (Å²) in [6.07, 6.45) is 1.50. The molecule has 0 radical (unpaired) electrons. The van der Waals surface area contributed by atoms with Gasteiger partial charge in [0.15, 0.2) is 0 Å². The summed E-state index contributed by atoms with van der Waals surface area (Å²) in [4.78, 5) is 27.2. The fourth-order valence-corrected chi connectivity index (χ4v) is 1.71. The van der Waals surface area contributed by atoms with E-state index in [2.05, 4.69) is 15.0 Å². The van der Waals surface area contributed by atoms with Crippen molar-refractivity contribution < 1.29 is 19.1 Å². The number of rotatable bonds is 5. The fourth-order valence-electron chi connectivity index (χ4n) is 1.58. The number of aromatic nitrogens is 1. The van der Waals surface area contributed by atoms with Gasteiger partial charge >= 0.3 is 5.97 Å². The lowest BCUT2D eigenvalue weighted by Gasteiger charge is -2.10. The number of pyridine rings is 1. The predicted octanol–water partition coefficient (Wildman–Crippen LogP) is 2.43. The van der Waals surface area contributed by atoms with Crippen molar-refractivity contribution in [1.29, 1.82) is 0 Å². The van der Waals surface area contributed by atoms with Crippen LogP contribution in [0, 0.1) is 0 Å². The third-order valence-corrected chi connectivity index (χ3v) is 2.92. The molecule has 1 aromatic carbocycles. The third-order valence-electron chi connectivity index (χ3n) is 2.66. The molecule has 0 bridgehead atoms. The van der Waals surface area contributed by atoms with Crippen LogP contribution in [0.15, 0.2) is 42.6 Å². The second kappa shape index (κ2) is 7.42. The van der Waals surface area contributed by atoms with E-state index in [1.165, 1.54) is 13.3 Å². The van der Waals surface area contributed by atoms with Crippen molar-refractivity contribution in [2.75, 3.05) is 13.7 Å². The number of esters is 1. The molecule has 0 aliphatic rings. The number of benzene rings is 1. The highest BCUT2D eigenvalue weighted by molar-refractivity contribution is 6.30. The summed E-state index contributed by atoms with van der Waals surface area (Å²) in [7, 11) is 1.24. The number of methoxy groups -OCH3 is 1. The standard InChI is InChI=1S/C15H13ClN2O4/c1-21-13(19)9-18-14(20)12-3-2-8-17-15(12)22-11-6-4-10(16)5-7-11/h2-8H,9H2,1H3,(H,18,20). The molecule has 1 aromatic heterocycles. The van der Waals surface area contributed by atoms with E-state index in [9.17, 15) is 9.59 Å². The number of hydrogen-bond donors (Lipinski definition) is 1. The van der Waals surface area contributed by atoms with E-state index in [0.29, 0.717) is 10.8 Å². The average Bonchev–Trinajstić information content (AvgIpc) is 2.55. The molecule has 1 N–H and O–H groups in total. The maximum atomic E-state index is 12.1. The van der Waals surface area contributed by atoms with Gasteiger partial charge in [0.2, 0.25) is 5.88 Å². The number of carbonyl (C=O) groups excluding carboxylic acids is 2. The number of ether oxygens (including phenoxy) is 2. The van der Waals surface area contributed by atoms with Gasteiger partial charge in [-0.2, -0.15) is 0 Å². The van der Waals surface area contributed by atoms with Crippen LogP contribution < -0.4 is 10.1 Å². The van der Waals surface area contributed by atoms with Crippen LogP contribution in [-0.2, 0) is 9.53 Å². The van der Waals surface area contributed by atoms with Gasteiger partial charge in [-0.25, -0.2) is 4.98 Å². The highest BCUT2D eigenvalue weighted by atomic mass is 35.5. The van der Waals surface area contributed by atoms with Gasteiger partial charge in [-0.1, -0.05) is 11.6 Å². The molecule has 114 valence electrons. The maximum absolute atomic E-state index is 12.1. The Balaban J connectivity index is 2.14. The molecule has 0 aliphatic carbocycles. The Morgan fingerprint density at radius 1 is 1.23 bits per heavy atom. The number of nitrogens with one attached hydrogen (secondary N) is 1. The topological polar surface area (TPSA) is 77.5 Å². The van der Waals surface area contributed by atoms with Crippen molar-refractivity contribution >= 4 is 23.5 Å². The second-order valence-corrected chi connectivity index (χ2v) is 4.61. The SMILES string of the molecule is COC(=O)CNC(=O)c1cccnc1Oc1ccc(Cl)cc1. The van der Waals surface area contributed by atoms with Crippen LogP contribution in [-0.4, -0.2) is 30.5 Å². The summed E-state index contributed by atoms with van der Waals surface area (Å²) in [5.74, 6) is -0.405. The van der Waals surface area contributed by atoms with Crippen LogP contribution in [0.25, 0.3) is 0 Å². The Morgan fingerprint density at radius 3 is 2.64 bits per heavy atom. The Morgan fingerprint density at radius 2 is 1.95 bits per heavy atom. The van der Waals surface area contributed by atoms with Gasteiger partial charge in [0, 0.05) is 11.2 Å².